The Morgan fingerprint density at radius 1 is 0.900 bits per heavy atom. The van der Waals surface area contributed by atoms with Crippen molar-refractivity contribution >= 4 is 33.4 Å². The minimum absolute atomic E-state index is 0.175. The predicted octanol–water partition coefficient (Wildman–Crippen LogP) is 4.50. The van der Waals surface area contributed by atoms with Gasteiger partial charge in [0.1, 0.15) is 23.1 Å². The molecule has 0 saturated carbocycles. The third-order valence-corrected chi connectivity index (χ3v) is 8.27. The number of methoxy groups -OCH3 is 2. The number of anilines is 2. The van der Waals surface area contributed by atoms with E-state index in [1.807, 2.05) is 48.7 Å². The minimum atomic E-state index is -3.29. The van der Waals surface area contributed by atoms with Crippen LogP contribution in [-0.2, 0) is 20.0 Å². The third kappa shape index (κ3) is 5.58. The Kier molecular flexibility index (Phi) is 7.63. The average Bonchev–Trinajstić information content (AvgIpc) is 3.59. The topological polar surface area (TPSA) is 127 Å². The molecular formula is C27H32N8O4S. The van der Waals surface area contributed by atoms with Gasteiger partial charge in [0.25, 0.3) is 0 Å². The molecule has 0 bridgehead atoms. The number of pyridine rings is 2. The number of hydrogen-bond donors (Lipinski definition) is 2. The van der Waals surface area contributed by atoms with Crippen molar-refractivity contribution in [2.75, 3.05) is 33.2 Å². The summed E-state index contributed by atoms with van der Waals surface area (Å²) in [6, 6.07) is 9.56. The molecule has 1 aromatic carbocycles. The van der Waals surface area contributed by atoms with Crippen LogP contribution in [0.4, 0.5) is 11.5 Å². The molecule has 0 fully saturated rings. The number of rotatable bonds is 10. The molecule has 0 unspecified atom stereocenters. The van der Waals surface area contributed by atoms with Crippen molar-refractivity contribution in [3.63, 3.8) is 0 Å². The van der Waals surface area contributed by atoms with E-state index in [4.69, 9.17) is 14.5 Å². The lowest BCUT2D eigenvalue weighted by Gasteiger charge is -2.40. The summed E-state index contributed by atoms with van der Waals surface area (Å²) < 4.78 is 37.3. The van der Waals surface area contributed by atoms with Gasteiger partial charge in [-0.05, 0) is 34.2 Å². The monoisotopic (exact) mass is 564 g/mol. The quantitative estimate of drug-likeness (QED) is 0.250. The van der Waals surface area contributed by atoms with E-state index >= 15 is 0 Å². The Morgan fingerprint density at radius 3 is 2.30 bits per heavy atom. The van der Waals surface area contributed by atoms with Crippen LogP contribution in [0.5, 0.6) is 11.5 Å². The highest BCUT2D eigenvalue weighted by Gasteiger charge is 2.24. The molecule has 5 aromatic rings. The van der Waals surface area contributed by atoms with E-state index in [9.17, 15) is 9.11 Å². The van der Waals surface area contributed by atoms with Gasteiger partial charge in [0.2, 0.25) is 0 Å². The Balaban J connectivity index is 1.60. The molecule has 210 valence electrons. The van der Waals surface area contributed by atoms with Crippen molar-refractivity contribution in [1.29, 1.82) is 0 Å². The maximum Gasteiger partial charge on any atom is 0.148 e. The first-order chi connectivity index (χ1) is 19.2. The molecule has 40 heavy (non-hydrogen) atoms. The van der Waals surface area contributed by atoms with Gasteiger partial charge < -0.3 is 14.4 Å². The lowest BCUT2D eigenvalue weighted by Crippen LogP contribution is -2.28. The van der Waals surface area contributed by atoms with Crippen LogP contribution < -0.4 is 14.4 Å². The van der Waals surface area contributed by atoms with Crippen LogP contribution in [0.2, 0.25) is 0 Å². The van der Waals surface area contributed by atoms with Crippen molar-refractivity contribution < 1.29 is 18.6 Å². The van der Waals surface area contributed by atoms with Crippen LogP contribution in [0.3, 0.4) is 0 Å². The van der Waals surface area contributed by atoms with E-state index < -0.39 is 11.0 Å². The molecule has 5 rings (SSSR count). The summed E-state index contributed by atoms with van der Waals surface area (Å²) in [5.41, 5.74) is 3.61. The van der Waals surface area contributed by atoms with Gasteiger partial charge in [0, 0.05) is 75.9 Å². The number of fused-ring (bicyclic) bond motifs is 1. The lowest BCUT2D eigenvalue weighted by atomic mass is 10.1. The molecule has 12 nitrogen and oxygen atoms in total. The molecule has 0 atom stereocenters. The summed E-state index contributed by atoms with van der Waals surface area (Å²) in [6.45, 7) is 0.175. The van der Waals surface area contributed by atoms with E-state index in [2.05, 4.69) is 21.1 Å². The molecule has 0 spiro atoms. The molecule has 0 aliphatic carbocycles. The molecule has 0 saturated heterocycles. The molecule has 0 aliphatic rings. The van der Waals surface area contributed by atoms with Gasteiger partial charge in [0.05, 0.1) is 44.4 Å². The fraction of sp³-hybridized carbons (Fsp3) is 0.259. The SMILES string of the molecule is COc1cc(OC)cc(N(Cc2nccn2S(O)(O)N(C)C)c2cc3cc(Cc4cnn(C)c4)cnc3cn2)c1. The fourth-order valence-corrected chi connectivity index (χ4v) is 5.29. The lowest BCUT2D eigenvalue weighted by molar-refractivity contribution is 0.394. The first-order valence-corrected chi connectivity index (χ1v) is 13.8. The van der Waals surface area contributed by atoms with Gasteiger partial charge in [-0.3, -0.25) is 18.8 Å². The van der Waals surface area contributed by atoms with Gasteiger partial charge in [-0.1, -0.05) is 0 Å². The van der Waals surface area contributed by atoms with Crippen LogP contribution >= 0.6 is 11.0 Å². The van der Waals surface area contributed by atoms with Gasteiger partial charge in [-0.2, -0.15) is 9.40 Å². The first kappa shape index (κ1) is 27.4. The molecule has 2 N–H and O–H groups in total. The zero-order chi connectivity index (χ0) is 28.4. The summed E-state index contributed by atoms with van der Waals surface area (Å²) >= 11 is 0. The number of hydrogen-bond acceptors (Lipinski definition) is 10. The molecule has 4 aromatic heterocycles. The van der Waals surface area contributed by atoms with Crippen molar-refractivity contribution in [1.82, 2.24) is 33.0 Å². The Bertz CT molecular complexity index is 1610. The van der Waals surface area contributed by atoms with Gasteiger partial charge in [-0.25, -0.2) is 13.9 Å². The predicted molar refractivity (Wildman–Crippen MR) is 155 cm³/mol. The zero-order valence-corrected chi connectivity index (χ0v) is 23.8. The Labute approximate surface area is 234 Å². The number of benzene rings is 1. The Hall–Kier alpha value is -4.17. The molecule has 4 heterocycles. The minimum Gasteiger partial charge on any atom is -0.497 e. The Morgan fingerprint density at radius 2 is 1.65 bits per heavy atom. The number of nitrogens with zero attached hydrogens (tertiary/aromatic N) is 8. The molecule has 13 heteroatoms. The number of aromatic nitrogens is 6. The fourth-order valence-electron chi connectivity index (χ4n) is 4.33. The van der Waals surface area contributed by atoms with Gasteiger partial charge in [0.15, 0.2) is 0 Å². The molecular weight excluding hydrogens is 532 g/mol. The second kappa shape index (κ2) is 11.1. The van der Waals surface area contributed by atoms with E-state index in [1.165, 1.54) is 8.28 Å². The maximum absolute atomic E-state index is 10.8. The van der Waals surface area contributed by atoms with Crippen LogP contribution in [0, 0.1) is 0 Å². The average molecular weight is 565 g/mol. The van der Waals surface area contributed by atoms with Gasteiger partial charge in [-0.15, -0.1) is 0 Å². The van der Waals surface area contributed by atoms with Crippen molar-refractivity contribution in [3.05, 3.63) is 84.5 Å². The highest BCUT2D eigenvalue weighted by atomic mass is 32.3. The summed E-state index contributed by atoms with van der Waals surface area (Å²) in [5.74, 6) is 2.24. The zero-order valence-electron chi connectivity index (χ0n) is 23.0. The van der Waals surface area contributed by atoms with Crippen molar-refractivity contribution in [2.24, 2.45) is 7.05 Å². The van der Waals surface area contributed by atoms with Crippen molar-refractivity contribution in [2.45, 2.75) is 13.0 Å². The van der Waals surface area contributed by atoms with Crippen LogP contribution in [0.15, 0.2) is 67.5 Å². The summed E-state index contributed by atoms with van der Waals surface area (Å²) in [6.07, 6.45) is 11.2. The highest BCUT2D eigenvalue weighted by molar-refractivity contribution is 8.20. The second-order valence-corrected chi connectivity index (χ2v) is 11.5. The maximum atomic E-state index is 10.8. The molecule has 0 radical (unpaired) electrons. The smallest absolute Gasteiger partial charge is 0.148 e. The highest BCUT2D eigenvalue weighted by Crippen LogP contribution is 2.44. The van der Waals surface area contributed by atoms with Gasteiger partial charge >= 0.3 is 0 Å². The molecule has 0 amide bonds. The number of ether oxygens (including phenoxy) is 2. The number of imidazole rings is 1. The largest absolute Gasteiger partial charge is 0.497 e. The van der Waals surface area contributed by atoms with Crippen LogP contribution in [-0.4, -0.2) is 70.4 Å². The van der Waals surface area contributed by atoms with E-state index in [1.54, 1.807) is 57.7 Å². The summed E-state index contributed by atoms with van der Waals surface area (Å²) in [5, 5.41) is 5.17. The standard InChI is InChI=1S/C27H32N8O4S/c1-32(2)40(36,37)35-7-6-28-27(35)18-34(22-11-23(38-4)13-24(12-22)39-5)26-10-21-9-19(14-29-25(21)16-30-26)8-20-15-31-33(3)17-20/h6-7,9-17,36-37H,8,18H2,1-5H3. The second-order valence-electron chi connectivity index (χ2n) is 9.41. The summed E-state index contributed by atoms with van der Waals surface area (Å²) in [7, 11) is 4.98. The van der Waals surface area contributed by atoms with Crippen molar-refractivity contribution in [3.8, 4) is 11.5 Å². The summed E-state index contributed by atoms with van der Waals surface area (Å²) in [4.78, 5) is 15.7. The molecule has 0 aliphatic heterocycles. The van der Waals surface area contributed by atoms with E-state index in [0.717, 1.165) is 27.7 Å². The normalized spacial score (nSPS) is 12.2. The first-order valence-electron chi connectivity index (χ1n) is 12.4. The number of aryl methyl sites for hydroxylation is 1. The van der Waals surface area contributed by atoms with Crippen LogP contribution in [0.1, 0.15) is 17.0 Å². The third-order valence-electron chi connectivity index (χ3n) is 6.43. The van der Waals surface area contributed by atoms with E-state index in [-0.39, 0.29) is 6.54 Å². The van der Waals surface area contributed by atoms with Crippen LogP contribution in [0.25, 0.3) is 10.9 Å². The van der Waals surface area contributed by atoms with E-state index in [0.29, 0.717) is 29.6 Å².